The summed E-state index contributed by atoms with van der Waals surface area (Å²) in [4.78, 5) is 24.7. The average molecular weight is 290 g/mol. The fraction of sp³-hybridized carbons (Fsp3) is 0. The van der Waals surface area contributed by atoms with Crippen LogP contribution in [0.2, 0.25) is 5.02 Å². The van der Waals surface area contributed by atoms with Crippen molar-refractivity contribution in [1.29, 1.82) is 0 Å². The van der Waals surface area contributed by atoms with Crippen LogP contribution >= 0.6 is 23.4 Å². The minimum absolute atomic E-state index is 0.436. The van der Waals surface area contributed by atoms with Crippen molar-refractivity contribution in [1.82, 2.24) is 0 Å². The molecule has 0 saturated heterocycles. The van der Waals surface area contributed by atoms with E-state index in [9.17, 15) is 9.59 Å². The zero-order valence-electron chi connectivity index (χ0n) is 9.64. The number of nitrogens with one attached hydrogen (secondary N) is 1. The summed E-state index contributed by atoms with van der Waals surface area (Å²) in [7, 11) is 0. The first kappa shape index (κ1) is 12.3. The number of anilines is 1. The molecular formula is C14H8ClNO2S. The van der Waals surface area contributed by atoms with E-state index in [-0.39, 0.29) is 0 Å². The second-order valence-corrected chi connectivity index (χ2v) is 5.63. The number of carbonyl (C=O) groups is 2. The molecule has 0 bridgehead atoms. The van der Waals surface area contributed by atoms with Crippen molar-refractivity contribution >= 4 is 40.7 Å². The number of halogens is 1. The molecular weight excluding hydrogens is 282 g/mol. The molecule has 3 rings (SSSR count). The Kier molecular flexibility index (Phi) is 3.05. The van der Waals surface area contributed by atoms with Gasteiger partial charge in [-0.15, -0.1) is 0 Å². The van der Waals surface area contributed by atoms with Crippen molar-refractivity contribution < 1.29 is 9.59 Å². The van der Waals surface area contributed by atoms with Gasteiger partial charge in [-0.2, -0.15) is 0 Å². The van der Waals surface area contributed by atoms with E-state index in [2.05, 4.69) is 5.32 Å². The first-order valence-electron chi connectivity index (χ1n) is 5.56. The highest BCUT2D eigenvalue weighted by Gasteiger charge is 2.27. The third-order valence-electron chi connectivity index (χ3n) is 2.74. The molecule has 3 nitrogen and oxygen atoms in total. The molecule has 1 aliphatic rings. The maximum Gasteiger partial charge on any atom is 0.296 e. The number of hydrogen-bond acceptors (Lipinski definition) is 3. The molecule has 1 N–H and O–H groups in total. The predicted molar refractivity (Wildman–Crippen MR) is 75.0 cm³/mol. The number of rotatable bonds is 2. The van der Waals surface area contributed by atoms with Crippen molar-refractivity contribution in [3.63, 3.8) is 0 Å². The number of carbonyl (C=O) groups excluding carboxylic acids is 2. The summed E-state index contributed by atoms with van der Waals surface area (Å²) in [5.74, 6) is -1.04. The lowest BCUT2D eigenvalue weighted by Gasteiger charge is -2.04. The average Bonchev–Trinajstić information content (AvgIpc) is 2.68. The maximum atomic E-state index is 11.5. The number of hydrogen-bond donors (Lipinski definition) is 1. The van der Waals surface area contributed by atoms with E-state index >= 15 is 0 Å². The SMILES string of the molecule is O=C1Nc2cc(Sc3ccc(Cl)cc3)ccc2C1=O. The predicted octanol–water partition coefficient (Wildman–Crippen LogP) is 3.63. The van der Waals surface area contributed by atoms with Gasteiger partial charge < -0.3 is 5.32 Å². The van der Waals surface area contributed by atoms with Crippen LogP contribution in [0.15, 0.2) is 52.3 Å². The Labute approximate surface area is 119 Å². The zero-order valence-corrected chi connectivity index (χ0v) is 11.2. The molecule has 0 aromatic heterocycles. The highest BCUT2D eigenvalue weighted by molar-refractivity contribution is 7.99. The highest BCUT2D eigenvalue weighted by Crippen LogP contribution is 2.33. The van der Waals surface area contributed by atoms with Crippen molar-refractivity contribution in [3.8, 4) is 0 Å². The number of amides is 1. The van der Waals surface area contributed by atoms with Gasteiger partial charge in [0.2, 0.25) is 0 Å². The summed E-state index contributed by atoms with van der Waals surface area (Å²) in [5, 5.41) is 3.25. The normalized spacial score (nSPS) is 13.3. The smallest absolute Gasteiger partial charge is 0.296 e. The van der Waals surface area contributed by atoms with E-state index in [1.165, 1.54) is 0 Å². The molecule has 0 spiro atoms. The molecule has 2 aromatic rings. The van der Waals surface area contributed by atoms with Gasteiger partial charge in [0, 0.05) is 14.8 Å². The summed E-state index contributed by atoms with van der Waals surface area (Å²) in [6.07, 6.45) is 0. The molecule has 0 fully saturated rings. The Hall–Kier alpha value is -1.78. The second kappa shape index (κ2) is 4.72. The minimum Gasteiger partial charge on any atom is -0.318 e. The maximum absolute atomic E-state index is 11.5. The van der Waals surface area contributed by atoms with E-state index in [1.54, 1.807) is 23.9 Å². The molecule has 1 aliphatic heterocycles. The number of benzene rings is 2. The molecule has 1 heterocycles. The van der Waals surface area contributed by atoms with Crippen LogP contribution in [0.25, 0.3) is 0 Å². The first-order chi connectivity index (χ1) is 9.13. The standard InChI is InChI=1S/C14H8ClNO2S/c15-8-1-3-9(4-2-8)19-10-5-6-11-12(7-10)16-14(18)13(11)17/h1-7H,(H,16,17,18). The number of ketones is 1. The van der Waals surface area contributed by atoms with Crippen molar-refractivity contribution in [3.05, 3.63) is 53.1 Å². The Balaban J connectivity index is 1.88. The first-order valence-corrected chi connectivity index (χ1v) is 6.76. The third-order valence-corrected chi connectivity index (χ3v) is 3.99. The van der Waals surface area contributed by atoms with Crippen LogP contribution in [0, 0.1) is 0 Å². The van der Waals surface area contributed by atoms with E-state index in [0.717, 1.165) is 9.79 Å². The van der Waals surface area contributed by atoms with Crippen molar-refractivity contribution in [2.24, 2.45) is 0 Å². The lowest BCUT2D eigenvalue weighted by atomic mass is 10.1. The lowest BCUT2D eigenvalue weighted by Crippen LogP contribution is -2.12. The third kappa shape index (κ3) is 2.37. The molecule has 0 atom stereocenters. The molecule has 0 radical (unpaired) electrons. The Morgan fingerprint density at radius 1 is 0.947 bits per heavy atom. The van der Waals surface area contributed by atoms with Gasteiger partial charge >= 0.3 is 0 Å². The van der Waals surface area contributed by atoms with Crippen LogP contribution in [0.3, 0.4) is 0 Å². The van der Waals surface area contributed by atoms with Crippen LogP contribution < -0.4 is 5.32 Å². The molecule has 19 heavy (non-hydrogen) atoms. The molecule has 94 valence electrons. The summed E-state index contributed by atoms with van der Waals surface area (Å²) in [6, 6.07) is 12.8. The van der Waals surface area contributed by atoms with Gasteiger partial charge in [0.1, 0.15) is 0 Å². The molecule has 0 saturated carbocycles. The van der Waals surface area contributed by atoms with Crippen molar-refractivity contribution in [2.45, 2.75) is 9.79 Å². The highest BCUT2D eigenvalue weighted by atomic mass is 35.5. The van der Waals surface area contributed by atoms with E-state index in [0.29, 0.717) is 16.3 Å². The Morgan fingerprint density at radius 2 is 1.63 bits per heavy atom. The molecule has 0 aliphatic carbocycles. The lowest BCUT2D eigenvalue weighted by molar-refractivity contribution is -0.112. The largest absolute Gasteiger partial charge is 0.318 e. The van der Waals surface area contributed by atoms with Crippen molar-refractivity contribution in [2.75, 3.05) is 5.32 Å². The van der Waals surface area contributed by atoms with Gasteiger partial charge in [0.15, 0.2) is 0 Å². The van der Waals surface area contributed by atoms with Crippen LogP contribution in [0.5, 0.6) is 0 Å². The quantitative estimate of drug-likeness (QED) is 0.859. The van der Waals surface area contributed by atoms with Gasteiger partial charge in [0.05, 0.1) is 11.3 Å². The summed E-state index contributed by atoms with van der Waals surface area (Å²) in [6.45, 7) is 0. The monoisotopic (exact) mass is 289 g/mol. The van der Waals surface area contributed by atoms with Gasteiger partial charge in [-0.05, 0) is 42.5 Å². The van der Waals surface area contributed by atoms with Gasteiger partial charge in [-0.1, -0.05) is 23.4 Å². The number of fused-ring (bicyclic) bond motifs is 1. The van der Waals surface area contributed by atoms with Crippen LogP contribution in [0.1, 0.15) is 10.4 Å². The van der Waals surface area contributed by atoms with Gasteiger partial charge in [-0.3, -0.25) is 9.59 Å². The van der Waals surface area contributed by atoms with Gasteiger partial charge in [-0.25, -0.2) is 0 Å². The van der Waals surface area contributed by atoms with Crippen LogP contribution in [-0.2, 0) is 4.79 Å². The molecule has 2 aromatic carbocycles. The Morgan fingerprint density at radius 3 is 2.37 bits per heavy atom. The molecule has 0 unspecified atom stereocenters. The number of Topliss-reactive ketones (excluding diaryl/α,β-unsaturated/α-hetero) is 1. The minimum atomic E-state index is -0.566. The second-order valence-electron chi connectivity index (χ2n) is 4.05. The van der Waals surface area contributed by atoms with E-state index in [4.69, 9.17) is 11.6 Å². The van der Waals surface area contributed by atoms with Crippen LogP contribution in [0.4, 0.5) is 5.69 Å². The fourth-order valence-electron chi connectivity index (χ4n) is 1.83. The molecule has 5 heteroatoms. The Bertz CT molecular complexity index is 682. The zero-order chi connectivity index (χ0) is 13.4. The van der Waals surface area contributed by atoms with E-state index in [1.807, 2.05) is 30.3 Å². The fourth-order valence-corrected chi connectivity index (χ4v) is 2.81. The topological polar surface area (TPSA) is 46.2 Å². The molecule has 1 amide bonds. The summed E-state index contributed by atoms with van der Waals surface area (Å²) >= 11 is 7.37. The summed E-state index contributed by atoms with van der Waals surface area (Å²) < 4.78 is 0. The van der Waals surface area contributed by atoms with Crippen LogP contribution in [-0.4, -0.2) is 11.7 Å². The summed E-state index contributed by atoms with van der Waals surface area (Å²) in [5.41, 5.74) is 1.01. The van der Waals surface area contributed by atoms with E-state index < -0.39 is 11.7 Å². The van der Waals surface area contributed by atoms with Gasteiger partial charge in [0.25, 0.3) is 11.7 Å².